The molecule has 0 fully saturated rings. The highest BCUT2D eigenvalue weighted by Crippen LogP contribution is 2.28. The zero-order valence-electron chi connectivity index (χ0n) is 15.8. The molecule has 0 amide bonds. The molecule has 7 heteroatoms. The number of carbonyl (C=O) groups excluding carboxylic acids is 1. The number of halogens is 2. The molecule has 28 heavy (non-hydrogen) atoms. The van der Waals surface area contributed by atoms with E-state index in [1.54, 1.807) is 29.7 Å². The van der Waals surface area contributed by atoms with E-state index >= 15 is 0 Å². The molecule has 3 rings (SSSR count). The zero-order chi connectivity index (χ0) is 20.3. The van der Waals surface area contributed by atoms with Crippen LogP contribution in [0.4, 0.5) is 0 Å². The first-order chi connectivity index (χ1) is 13.5. The van der Waals surface area contributed by atoms with Crippen molar-refractivity contribution in [3.05, 3.63) is 63.5 Å². The summed E-state index contributed by atoms with van der Waals surface area (Å²) >= 11 is 12.3. The number of ether oxygens (including phenoxy) is 1. The van der Waals surface area contributed by atoms with Crippen LogP contribution in [0.25, 0.3) is 5.65 Å². The standard InChI is InChI=1S/C21H22Cl2N2O3/c1-3-14(11-26)10-17(27)20-13(2)24-21-18(8-5-9-25(20)21)28-12-15-6-4-7-16(22)19(15)23/h4-9,14,26H,3,10-12H2,1-2H3/t14-/m0/s1. The number of pyridine rings is 1. The van der Waals surface area contributed by atoms with Crippen LogP contribution in [0, 0.1) is 12.8 Å². The minimum absolute atomic E-state index is 0.00716. The van der Waals surface area contributed by atoms with Crippen molar-refractivity contribution in [1.29, 1.82) is 0 Å². The Morgan fingerprint density at radius 3 is 2.79 bits per heavy atom. The SMILES string of the molecule is CC[C@H](CO)CC(=O)c1c(C)nc2c(OCc3cccc(Cl)c3Cl)cccn12. The van der Waals surface area contributed by atoms with E-state index in [9.17, 15) is 9.90 Å². The number of fused-ring (bicyclic) bond motifs is 1. The summed E-state index contributed by atoms with van der Waals surface area (Å²) < 4.78 is 7.68. The maximum Gasteiger partial charge on any atom is 0.181 e. The van der Waals surface area contributed by atoms with Crippen LogP contribution in [0.15, 0.2) is 36.5 Å². The predicted octanol–water partition coefficient (Wildman–Crippen LogP) is 5.12. The first kappa shape index (κ1) is 20.6. The fraction of sp³-hybridized carbons (Fsp3) is 0.333. The Morgan fingerprint density at radius 1 is 1.29 bits per heavy atom. The molecule has 1 N–H and O–H groups in total. The van der Waals surface area contributed by atoms with Crippen molar-refractivity contribution in [2.75, 3.05) is 6.61 Å². The topological polar surface area (TPSA) is 63.8 Å². The van der Waals surface area contributed by atoms with E-state index in [1.807, 2.05) is 25.1 Å². The average Bonchev–Trinajstić information content (AvgIpc) is 3.03. The number of ketones is 1. The summed E-state index contributed by atoms with van der Waals surface area (Å²) in [6, 6.07) is 9.00. The van der Waals surface area contributed by atoms with Crippen LogP contribution >= 0.6 is 23.2 Å². The molecular formula is C21H22Cl2N2O3. The van der Waals surface area contributed by atoms with Crippen molar-refractivity contribution in [2.45, 2.75) is 33.3 Å². The van der Waals surface area contributed by atoms with Crippen LogP contribution in [-0.4, -0.2) is 26.9 Å². The summed E-state index contributed by atoms with van der Waals surface area (Å²) in [5.74, 6) is 0.456. The van der Waals surface area contributed by atoms with Crippen molar-refractivity contribution < 1.29 is 14.6 Å². The maximum atomic E-state index is 12.8. The van der Waals surface area contributed by atoms with Gasteiger partial charge >= 0.3 is 0 Å². The van der Waals surface area contributed by atoms with E-state index in [1.165, 1.54) is 0 Å². The highest BCUT2D eigenvalue weighted by molar-refractivity contribution is 6.42. The van der Waals surface area contributed by atoms with Crippen molar-refractivity contribution in [1.82, 2.24) is 9.38 Å². The van der Waals surface area contributed by atoms with E-state index in [0.29, 0.717) is 32.8 Å². The molecule has 148 valence electrons. The van der Waals surface area contributed by atoms with E-state index < -0.39 is 0 Å². The van der Waals surface area contributed by atoms with Gasteiger partial charge in [0.15, 0.2) is 17.2 Å². The molecule has 0 aliphatic carbocycles. The number of rotatable bonds is 8. The summed E-state index contributed by atoms with van der Waals surface area (Å²) in [7, 11) is 0. The summed E-state index contributed by atoms with van der Waals surface area (Å²) in [5, 5.41) is 10.3. The minimum atomic E-state index is -0.0538. The van der Waals surface area contributed by atoms with Gasteiger partial charge in [-0.3, -0.25) is 9.20 Å². The Hall–Kier alpha value is -2.08. The number of nitrogens with zero attached hydrogens (tertiary/aromatic N) is 2. The average molecular weight is 421 g/mol. The molecule has 1 atom stereocenters. The second kappa shape index (κ2) is 8.95. The Balaban J connectivity index is 1.89. The third-order valence-corrected chi connectivity index (χ3v) is 5.64. The Labute approximate surface area is 173 Å². The molecule has 0 spiro atoms. The van der Waals surface area contributed by atoms with Gasteiger partial charge in [-0.1, -0.05) is 48.7 Å². The highest BCUT2D eigenvalue weighted by Gasteiger charge is 2.21. The smallest absolute Gasteiger partial charge is 0.181 e. The van der Waals surface area contributed by atoms with Crippen LogP contribution < -0.4 is 4.74 Å². The highest BCUT2D eigenvalue weighted by atomic mass is 35.5. The van der Waals surface area contributed by atoms with Crippen LogP contribution in [0.1, 0.15) is 41.5 Å². The molecule has 0 saturated heterocycles. The number of aryl methyl sites for hydroxylation is 1. The Bertz CT molecular complexity index is 997. The van der Waals surface area contributed by atoms with Gasteiger partial charge in [0, 0.05) is 24.8 Å². The van der Waals surface area contributed by atoms with Crippen LogP contribution in [-0.2, 0) is 6.61 Å². The van der Waals surface area contributed by atoms with Gasteiger partial charge in [-0.05, 0) is 31.0 Å². The van der Waals surface area contributed by atoms with Crippen molar-refractivity contribution in [3.8, 4) is 5.75 Å². The summed E-state index contributed by atoms with van der Waals surface area (Å²) in [5.41, 5.74) is 2.49. The third-order valence-electron chi connectivity index (χ3n) is 4.78. The van der Waals surface area contributed by atoms with Gasteiger partial charge in [0.1, 0.15) is 12.3 Å². The molecule has 1 aromatic carbocycles. The minimum Gasteiger partial charge on any atom is -0.485 e. The Morgan fingerprint density at radius 2 is 2.07 bits per heavy atom. The molecular weight excluding hydrogens is 399 g/mol. The molecule has 0 aliphatic rings. The van der Waals surface area contributed by atoms with Crippen LogP contribution in [0.2, 0.25) is 10.0 Å². The third kappa shape index (κ3) is 4.17. The van der Waals surface area contributed by atoms with Gasteiger partial charge in [-0.25, -0.2) is 4.98 Å². The lowest BCUT2D eigenvalue weighted by Gasteiger charge is -2.11. The lowest BCUT2D eigenvalue weighted by molar-refractivity contribution is 0.0927. The number of benzene rings is 1. The normalized spacial score (nSPS) is 12.3. The molecule has 2 heterocycles. The summed E-state index contributed by atoms with van der Waals surface area (Å²) in [6.07, 6.45) is 2.82. The van der Waals surface area contributed by atoms with Gasteiger partial charge in [0.2, 0.25) is 0 Å². The predicted molar refractivity (Wildman–Crippen MR) is 111 cm³/mol. The van der Waals surface area contributed by atoms with Crippen molar-refractivity contribution in [3.63, 3.8) is 0 Å². The first-order valence-corrected chi connectivity index (χ1v) is 9.89. The van der Waals surface area contributed by atoms with Crippen LogP contribution in [0.5, 0.6) is 5.75 Å². The second-order valence-corrected chi connectivity index (χ2v) is 7.48. The van der Waals surface area contributed by atoms with E-state index in [4.69, 9.17) is 27.9 Å². The number of aliphatic hydroxyl groups is 1. The van der Waals surface area contributed by atoms with Crippen molar-refractivity contribution in [2.24, 2.45) is 5.92 Å². The Kier molecular flexibility index (Phi) is 6.60. The molecule has 0 radical (unpaired) electrons. The van der Waals surface area contributed by atoms with E-state index in [2.05, 4.69) is 4.98 Å². The molecule has 3 aromatic rings. The lowest BCUT2D eigenvalue weighted by atomic mass is 9.99. The quantitative estimate of drug-likeness (QED) is 0.513. The van der Waals surface area contributed by atoms with Crippen molar-refractivity contribution >= 4 is 34.6 Å². The van der Waals surface area contributed by atoms with E-state index in [-0.39, 0.29) is 31.3 Å². The monoisotopic (exact) mass is 420 g/mol. The molecule has 0 bridgehead atoms. The molecule has 0 aliphatic heterocycles. The number of hydrogen-bond acceptors (Lipinski definition) is 4. The van der Waals surface area contributed by atoms with E-state index in [0.717, 1.165) is 12.0 Å². The number of carbonyl (C=O) groups is 1. The fourth-order valence-electron chi connectivity index (χ4n) is 3.12. The molecule has 5 nitrogen and oxygen atoms in total. The lowest BCUT2D eigenvalue weighted by Crippen LogP contribution is -2.14. The molecule has 0 saturated carbocycles. The number of imidazole rings is 1. The largest absolute Gasteiger partial charge is 0.485 e. The van der Waals surface area contributed by atoms with Gasteiger partial charge < -0.3 is 9.84 Å². The van der Waals surface area contributed by atoms with Gasteiger partial charge in [-0.2, -0.15) is 0 Å². The fourth-order valence-corrected chi connectivity index (χ4v) is 3.49. The number of aromatic nitrogens is 2. The van der Waals surface area contributed by atoms with Crippen LogP contribution in [0.3, 0.4) is 0 Å². The summed E-state index contributed by atoms with van der Waals surface area (Å²) in [4.78, 5) is 17.3. The number of aliphatic hydroxyl groups excluding tert-OH is 1. The second-order valence-electron chi connectivity index (χ2n) is 6.70. The molecule has 2 aromatic heterocycles. The van der Waals surface area contributed by atoms with Gasteiger partial charge in [0.25, 0.3) is 0 Å². The number of hydrogen-bond donors (Lipinski definition) is 1. The number of Topliss-reactive ketones (excluding diaryl/α,β-unsaturated/α-hetero) is 1. The van der Waals surface area contributed by atoms with Gasteiger partial charge in [0.05, 0.1) is 15.7 Å². The molecule has 0 unspecified atom stereocenters. The zero-order valence-corrected chi connectivity index (χ0v) is 17.3. The summed E-state index contributed by atoms with van der Waals surface area (Å²) in [6.45, 7) is 3.99. The first-order valence-electron chi connectivity index (χ1n) is 9.13. The maximum absolute atomic E-state index is 12.8. The van der Waals surface area contributed by atoms with Gasteiger partial charge in [-0.15, -0.1) is 0 Å².